The number of hydrogen-bond acceptors (Lipinski definition) is 5. The van der Waals surface area contributed by atoms with Crippen LogP contribution in [0.15, 0.2) is 30.3 Å². The topological polar surface area (TPSA) is 53.7 Å². The fourth-order valence-electron chi connectivity index (χ4n) is 5.86. The van der Waals surface area contributed by atoms with Gasteiger partial charge in [0.1, 0.15) is 0 Å². The first-order valence-electron chi connectivity index (χ1n) is 11.5. The summed E-state index contributed by atoms with van der Waals surface area (Å²) in [6, 6.07) is 13.3. The molecule has 1 atom stereocenters. The van der Waals surface area contributed by atoms with E-state index in [0.29, 0.717) is 6.54 Å². The highest BCUT2D eigenvalue weighted by Crippen LogP contribution is 2.50. The number of rotatable bonds is 6. The van der Waals surface area contributed by atoms with Crippen molar-refractivity contribution < 1.29 is 5.11 Å². The SMILES string of the molecule is CN(C)[C@]1(c2ccccc2)CC[C@@]2(CC1)CN(CC(C)(C)C#N)C(O)N2CC1CC1. The molecule has 4 rings (SSSR count). The van der Waals surface area contributed by atoms with Crippen molar-refractivity contribution in [2.24, 2.45) is 11.3 Å². The quantitative estimate of drug-likeness (QED) is 0.776. The van der Waals surface area contributed by atoms with E-state index >= 15 is 0 Å². The maximum absolute atomic E-state index is 11.3. The lowest BCUT2D eigenvalue weighted by molar-refractivity contribution is -0.0974. The lowest BCUT2D eigenvalue weighted by Gasteiger charge is -2.51. The molecule has 1 unspecified atom stereocenters. The maximum Gasteiger partial charge on any atom is 0.166 e. The van der Waals surface area contributed by atoms with Crippen LogP contribution < -0.4 is 0 Å². The van der Waals surface area contributed by atoms with Crippen LogP contribution in [-0.4, -0.2) is 65.4 Å². The predicted molar refractivity (Wildman–Crippen MR) is 119 cm³/mol. The second kappa shape index (κ2) is 7.91. The Balaban J connectivity index is 1.58. The van der Waals surface area contributed by atoms with E-state index in [0.717, 1.165) is 44.7 Å². The molecule has 5 nitrogen and oxygen atoms in total. The highest BCUT2D eigenvalue weighted by atomic mass is 16.3. The van der Waals surface area contributed by atoms with Gasteiger partial charge in [-0.3, -0.25) is 14.7 Å². The summed E-state index contributed by atoms with van der Waals surface area (Å²) in [5.74, 6) is 0.732. The Morgan fingerprint density at radius 3 is 2.30 bits per heavy atom. The zero-order chi connectivity index (χ0) is 21.6. The third-order valence-electron chi connectivity index (χ3n) is 7.94. The van der Waals surface area contributed by atoms with Crippen molar-refractivity contribution >= 4 is 0 Å². The molecule has 0 aromatic heterocycles. The lowest BCUT2D eigenvalue weighted by Crippen LogP contribution is -2.56. The average Bonchev–Trinajstić information content (AvgIpc) is 3.52. The van der Waals surface area contributed by atoms with Crippen LogP contribution in [0.25, 0.3) is 0 Å². The van der Waals surface area contributed by atoms with Gasteiger partial charge in [-0.2, -0.15) is 5.26 Å². The smallest absolute Gasteiger partial charge is 0.166 e. The molecule has 1 heterocycles. The normalized spacial score (nSPS) is 33.3. The van der Waals surface area contributed by atoms with Crippen LogP contribution in [0.2, 0.25) is 0 Å². The molecule has 164 valence electrons. The number of nitrogens with zero attached hydrogens (tertiary/aromatic N) is 4. The molecule has 1 saturated heterocycles. The summed E-state index contributed by atoms with van der Waals surface area (Å²) >= 11 is 0. The number of aliphatic hydroxyl groups excluding tert-OH is 1. The van der Waals surface area contributed by atoms with Crippen molar-refractivity contribution in [3.05, 3.63) is 35.9 Å². The summed E-state index contributed by atoms with van der Waals surface area (Å²) < 4.78 is 0. The van der Waals surface area contributed by atoms with E-state index in [1.807, 2.05) is 13.8 Å². The second-order valence-electron chi connectivity index (χ2n) is 10.9. The van der Waals surface area contributed by atoms with Gasteiger partial charge >= 0.3 is 0 Å². The minimum Gasteiger partial charge on any atom is -0.365 e. The van der Waals surface area contributed by atoms with E-state index in [4.69, 9.17) is 0 Å². The molecule has 30 heavy (non-hydrogen) atoms. The Bertz CT molecular complexity index is 772. The summed E-state index contributed by atoms with van der Waals surface area (Å²) in [6.45, 7) is 6.42. The van der Waals surface area contributed by atoms with E-state index in [-0.39, 0.29) is 11.1 Å². The van der Waals surface area contributed by atoms with Crippen molar-refractivity contribution in [1.29, 1.82) is 5.26 Å². The number of hydrogen-bond donors (Lipinski definition) is 1. The fourth-order valence-corrected chi connectivity index (χ4v) is 5.86. The Morgan fingerprint density at radius 1 is 1.13 bits per heavy atom. The first-order valence-corrected chi connectivity index (χ1v) is 11.5. The van der Waals surface area contributed by atoms with Gasteiger partial charge in [-0.25, -0.2) is 0 Å². The van der Waals surface area contributed by atoms with Gasteiger partial charge in [0.15, 0.2) is 6.35 Å². The summed E-state index contributed by atoms with van der Waals surface area (Å²) in [4.78, 5) is 6.97. The Morgan fingerprint density at radius 2 is 1.77 bits per heavy atom. The van der Waals surface area contributed by atoms with Crippen molar-refractivity contribution in [3.8, 4) is 6.07 Å². The van der Waals surface area contributed by atoms with Gasteiger partial charge in [0.05, 0.1) is 11.5 Å². The van der Waals surface area contributed by atoms with Gasteiger partial charge in [-0.05, 0) is 77.9 Å². The predicted octanol–water partition coefficient (Wildman–Crippen LogP) is 3.61. The minimum atomic E-state index is -0.568. The van der Waals surface area contributed by atoms with Crippen LogP contribution in [0.3, 0.4) is 0 Å². The van der Waals surface area contributed by atoms with Gasteiger partial charge in [0, 0.05) is 30.7 Å². The fraction of sp³-hybridized carbons (Fsp3) is 0.720. The lowest BCUT2D eigenvalue weighted by atomic mass is 9.68. The molecule has 5 heteroatoms. The van der Waals surface area contributed by atoms with E-state index in [9.17, 15) is 10.4 Å². The standard InChI is InChI=1S/C25H38N4O/c1-23(2,17-26)18-28-19-24(29(22(28)30)16-20-10-11-20)12-14-25(15-13-24,27(3)4)21-8-6-5-7-9-21/h5-9,20,22,30H,10-16,18-19H2,1-4H3/t22?,24-,25-. The highest BCUT2D eigenvalue weighted by Gasteiger charge is 2.55. The Labute approximate surface area is 182 Å². The molecule has 2 saturated carbocycles. The molecular weight excluding hydrogens is 372 g/mol. The summed E-state index contributed by atoms with van der Waals surface area (Å²) in [5, 5.41) is 20.8. The molecule has 1 aliphatic heterocycles. The highest BCUT2D eigenvalue weighted by molar-refractivity contribution is 5.26. The number of nitriles is 1. The van der Waals surface area contributed by atoms with Crippen molar-refractivity contribution in [1.82, 2.24) is 14.7 Å². The molecular formula is C25H38N4O. The molecule has 0 bridgehead atoms. The summed E-state index contributed by atoms with van der Waals surface area (Å²) in [6.07, 6.45) is 6.34. The van der Waals surface area contributed by atoms with Crippen LogP contribution in [0.1, 0.15) is 57.9 Å². The van der Waals surface area contributed by atoms with Crippen LogP contribution in [0.5, 0.6) is 0 Å². The summed E-state index contributed by atoms with van der Waals surface area (Å²) in [7, 11) is 4.41. The minimum absolute atomic E-state index is 0.0157. The molecule has 3 fully saturated rings. The van der Waals surface area contributed by atoms with E-state index < -0.39 is 11.8 Å². The van der Waals surface area contributed by atoms with Crippen LogP contribution in [0, 0.1) is 22.7 Å². The zero-order valence-electron chi connectivity index (χ0n) is 19.1. The van der Waals surface area contributed by atoms with E-state index in [1.54, 1.807) is 0 Å². The monoisotopic (exact) mass is 410 g/mol. The van der Waals surface area contributed by atoms with Gasteiger partial charge in [0.25, 0.3) is 0 Å². The third-order valence-corrected chi connectivity index (χ3v) is 7.94. The maximum atomic E-state index is 11.3. The second-order valence-corrected chi connectivity index (χ2v) is 10.9. The average molecular weight is 411 g/mol. The Hall–Kier alpha value is -1.45. The third kappa shape index (κ3) is 3.91. The molecule has 1 spiro atoms. The molecule has 3 aliphatic rings. The van der Waals surface area contributed by atoms with Gasteiger partial charge in [0.2, 0.25) is 0 Å². The van der Waals surface area contributed by atoms with E-state index in [2.05, 4.69) is 65.2 Å². The van der Waals surface area contributed by atoms with Gasteiger partial charge in [-0.1, -0.05) is 30.3 Å². The largest absolute Gasteiger partial charge is 0.365 e. The van der Waals surface area contributed by atoms with Crippen molar-refractivity contribution in [2.45, 2.75) is 69.8 Å². The first kappa shape index (κ1) is 21.8. The van der Waals surface area contributed by atoms with Crippen LogP contribution >= 0.6 is 0 Å². The van der Waals surface area contributed by atoms with Crippen LogP contribution in [0.4, 0.5) is 0 Å². The Kier molecular flexibility index (Phi) is 5.74. The van der Waals surface area contributed by atoms with Gasteiger partial charge < -0.3 is 5.11 Å². The van der Waals surface area contributed by atoms with Crippen molar-refractivity contribution in [2.75, 3.05) is 33.7 Å². The molecule has 1 N–H and O–H groups in total. The van der Waals surface area contributed by atoms with Crippen LogP contribution in [-0.2, 0) is 5.54 Å². The van der Waals surface area contributed by atoms with E-state index in [1.165, 1.54) is 18.4 Å². The summed E-state index contributed by atoms with van der Waals surface area (Å²) in [5.41, 5.74) is 1.02. The van der Waals surface area contributed by atoms with Gasteiger partial charge in [-0.15, -0.1) is 0 Å². The first-order chi connectivity index (χ1) is 14.2. The number of benzene rings is 1. The molecule has 1 aromatic rings. The molecule has 2 aliphatic carbocycles. The molecule has 1 aromatic carbocycles. The van der Waals surface area contributed by atoms with Crippen molar-refractivity contribution in [3.63, 3.8) is 0 Å². The zero-order valence-corrected chi connectivity index (χ0v) is 19.1. The number of aliphatic hydroxyl groups is 1. The molecule has 0 amide bonds. The molecule has 0 radical (unpaired) electrons.